The number of ether oxygens (including phenoxy) is 4. The zero-order valence-corrected chi connectivity index (χ0v) is 32.9. The number of carbonyl (C=O) groups is 4. The molecule has 286 valence electrons. The highest BCUT2D eigenvalue weighted by Crippen LogP contribution is 2.62. The smallest absolute Gasteiger partial charge is 0.312 e. The van der Waals surface area contributed by atoms with Crippen LogP contribution in [0.2, 0.25) is 0 Å². The summed E-state index contributed by atoms with van der Waals surface area (Å²) < 4.78 is 25.5. The molecule has 0 aromatic rings. The van der Waals surface area contributed by atoms with Gasteiger partial charge in [0, 0.05) is 17.8 Å². The molecule has 8 aliphatic rings. The van der Waals surface area contributed by atoms with Gasteiger partial charge >= 0.3 is 23.9 Å². The lowest BCUT2D eigenvalue weighted by Crippen LogP contribution is -2.60. The Morgan fingerprint density at radius 3 is 1.96 bits per heavy atom. The first-order valence-corrected chi connectivity index (χ1v) is 20.8. The highest BCUT2D eigenvalue weighted by Gasteiger charge is 2.62. The van der Waals surface area contributed by atoms with Crippen molar-refractivity contribution in [1.29, 1.82) is 0 Å². The van der Waals surface area contributed by atoms with Crippen LogP contribution in [0.4, 0.5) is 0 Å². The summed E-state index contributed by atoms with van der Waals surface area (Å²) >= 11 is 0. The highest BCUT2D eigenvalue weighted by atomic mass is 16.6. The van der Waals surface area contributed by atoms with Crippen molar-refractivity contribution in [3.8, 4) is 0 Å². The number of hydrogen-bond donors (Lipinski definition) is 0. The molecule has 8 fully saturated rings. The fraction of sp³-hybridized carbons (Fsp3) is 0.907. The molecular weight excluding hydrogens is 644 g/mol. The average Bonchev–Trinajstić information content (AvgIpc) is 3.79. The minimum absolute atomic E-state index is 0.00514. The van der Waals surface area contributed by atoms with Crippen LogP contribution in [0.25, 0.3) is 0 Å². The van der Waals surface area contributed by atoms with E-state index in [-0.39, 0.29) is 79.0 Å². The third kappa shape index (κ3) is 6.26. The maximum absolute atomic E-state index is 15.1. The molecule has 7 atom stereocenters. The Hall–Kier alpha value is -2.12. The summed E-state index contributed by atoms with van der Waals surface area (Å²) in [5.41, 5.74) is -4.13. The molecular formula is C43H66O8. The molecule has 1 aliphatic heterocycles. The normalized spacial score (nSPS) is 39.7. The van der Waals surface area contributed by atoms with Crippen molar-refractivity contribution >= 4 is 23.9 Å². The lowest BCUT2D eigenvalue weighted by atomic mass is 9.49. The molecule has 1 saturated heterocycles. The number of carbonyl (C=O) groups excluding carboxylic acids is 4. The van der Waals surface area contributed by atoms with Gasteiger partial charge in [0.25, 0.3) is 0 Å². The van der Waals surface area contributed by atoms with Crippen LogP contribution in [0.15, 0.2) is 0 Å². The molecule has 0 amide bonds. The van der Waals surface area contributed by atoms with Gasteiger partial charge in [-0.15, -0.1) is 0 Å². The van der Waals surface area contributed by atoms with E-state index < -0.39 is 27.4 Å². The van der Waals surface area contributed by atoms with E-state index in [1.807, 2.05) is 34.6 Å². The quantitative estimate of drug-likeness (QED) is 0.138. The van der Waals surface area contributed by atoms with Gasteiger partial charge < -0.3 is 18.9 Å². The van der Waals surface area contributed by atoms with Crippen LogP contribution in [0, 0.1) is 63.6 Å². The molecule has 7 aliphatic carbocycles. The zero-order chi connectivity index (χ0) is 36.7. The average molecular weight is 711 g/mol. The summed E-state index contributed by atoms with van der Waals surface area (Å²) in [6.45, 7) is 16.1. The molecule has 0 radical (unpaired) electrons. The Morgan fingerprint density at radius 2 is 1.39 bits per heavy atom. The maximum atomic E-state index is 15.1. The van der Waals surface area contributed by atoms with Crippen LogP contribution in [0.3, 0.4) is 0 Å². The predicted octanol–water partition coefficient (Wildman–Crippen LogP) is 8.76. The first-order valence-electron chi connectivity index (χ1n) is 20.8. The summed E-state index contributed by atoms with van der Waals surface area (Å²) in [5.74, 6) is 1.76. The third-order valence-corrected chi connectivity index (χ3v) is 16.0. The third-order valence-electron chi connectivity index (χ3n) is 16.0. The van der Waals surface area contributed by atoms with Crippen molar-refractivity contribution < 1.29 is 38.1 Å². The maximum Gasteiger partial charge on any atom is 0.312 e. The Kier molecular flexibility index (Phi) is 9.50. The largest absolute Gasteiger partial charge is 0.462 e. The summed E-state index contributed by atoms with van der Waals surface area (Å²) in [7, 11) is 0. The minimum Gasteiger partial charge on any atom is -0.462 e. The number of esters is 4. The molecule has 8 rings (SSSR count). The van der Waals surface area contributed by atoms with Gasteiger partial charge in [0.2, 0.25) is 0 Å². The van der Waals surface area contributed by atoms with Crippen molar-refractivity contribution in [2.45, 2.75) is 182 Å². The lowest BCUT2D eigenvalue weighted by Gasteiger charge is -2.60. The van der Waals surface area contributed by atoms with Gasteiger partial charge in [-0.3, -0.25) is 19.2 Å². The summed E-state index contributed by atoms with van der Waals surface area (Å²) in [4.78, 5) is 56.2. The molecule has 0 spiro atoms. The summed E-state index contributed by atoms with van der Waals surface area (Å²) in [5, 5.41) is 0. The van der Waals surface area contributed by atoms with E-state index in [2.05, 4.69) is 20.8 Å². The van der Waals surface area contributed by atoms with Gasteiger partial charge in [0.05, 0.1) is 22.7 Å². The second kappa shape index (κ2) is 13.0. The highest BCUT2D eigenvalue weighted by molar-refractivity contribution is 5.83. The summed E-state index contributed by atoms with van der Waals surface area (Å²) in [6.07, 6.45) is 12.9. The zero-order valence-electron chi connectivity index (χ0n) is 32.9. The first kappa shape index (κ1) is 37.2. The first-order chi connectivity index (χ1) is 24.0. The van der Waals surface area contributed by atoms with E-state index in [0.29, 0.717) is 18.3 Å². The van der Waals surface area contributed by atoms with Gasteiger partial charge in [-0.25, -0.2) is 0 Å². The predicted molar refractivity (Wildman–Crippen MR) is 192 cm³/mol. The van der Waals surface area contributed by atoms with Crippen molar-refractivity contribution in [2.24, 2.45) is 63.6 Å². The van der Waals surface area contributed by atoms with E-state index in [0.717, 1.165) is 82.5 Å². The van der Waals surface area contributed by atoms with E-state index in [1.165, 1.54) is 6.42 Å². The van der Waals surface area contributed by atoms with Gasteiger partial charge in [0.1, 0.15) is 23.4 Å². The van der Waals surface area contributed by atoms with Gasteiger partial charge in [0.15, 0.2) is 0 Å². The fourth-order valence-electron chi connectivity index (χ4n) is 13.3. The Labute approximate surface area is 306 Å². The van der Waals surface area contributed by atoms with Crippen molar-refractivity contribution in [1.82, 2.24) is 0 Å². The van der Waals surface area contributed by atoms with Crippen LogP contribution in [-0.4, -0.2) is 47.3 Å². The standard InChI is InChI=1S/C43H66O8/c1-9-40(7,37(46)50-42(25(3)4)13-11-12-14-42)24-41(8,38(47)51-43(10-2)29-16-26-15-27(18-29)19-30(43)17-26)23-39(5,6)36(45)49-35-28-20-31-32(35)22-34(44)48-33(31)21-28/h25-33,35H,9-24H2,1-8H3. The summed E-state index contributed by atoms with van der Waals surface area (Å²) in [6, 6.07) is 0. The monoisotopic (exact) mass is 710 g/mol. The molecule has 0 N–H and O–H groups in total. The Balaban J connectivity index is 1.16. The Morgan fingerprint density at radius 1 is 0.784 bits per heavy atom. The van der Waals surface area contributed by atoms with Crippen molar-refractivity contribution in [3.63, 3.8) is 0 Å². The second-order valence-electron chi connectivity index (χ2n) is 20.2. The second-order valence-corrected chi connectivity index (χ2v) is 20.2. The van der Waals surface area contributed by atoms with Gasteiger partial charge in [-0.1, -0.05) is 27.7 Å². The molecule has 1 heterocycles. The van der Waals surface area contributed by atoms with E-state index in [9.17, 15) is 14.4 Å². The van der Waals surface area contributed by atoms with Gasteiger partial charge in [-0.2, -0.15) is 0 Å². The fourth-order valence-corrected chi connectivity index (χ4v) is 13.3. The molecule has 8 heteroatoms. The molecule has 7 unspecified atom stereocenters. The van der Waals surface area contributed by atoms with E-state index >= 15 is 4.79 Å². The van der Waals surface area contributed by atoms with Crippen LogP contribution in [-0.2, 0) is 38.1 Å². The number of hydrogen-bond acceptors (Lipinski definition) is 8. The van der Waals surface area contributed by atoms with Crippen LogP contribution in [0.1, 0.15) is 158 Å². The van der Waals surface area contributed by atoms with Crippen molar-refractivity contribution in [3.05, 3.63) is 0 Å². The molecule has 7 saturated carbocycles. The lowest BCUT2D eigenvalue weighted by molar-refractivity contribution is -0.222. The Bertz CT molecular complexity index is 1360. The molecule has 0 aromatic carbocycles. The van der Waals surface area contributed by atoms with Crippen LogP contribution < -0.4 is 0 Å². The SMILES string of the molecule is CCC(C)(CC(C)(CC(C)(C)C(=O)OC1C2CC3OC(=O)CC1C3C2)C(=O)OC1(CC)C2CC3CC(C2)CC1C3)C(=O)OC1(C(C)C)CCCC1. The number of rotatable bonds is 13. The van der Waals surface area contributed by atoms with E-state index in [4.69, 9.17) is 18.9 Å². The molecule has 0 aromatic heterocycles. The minimum atomic E-state index is -1.15. The molecule has 51 heavy (non-hydrogen) atoms. The molecule has 6 bridgehead atoms. The van der Waals surface area contributed by atoms with E-state index in [1.54, 1.807) is 0 Å². The number of fused-ring (bicyclic) bond motifs is 1. The topological polar surface area (TPSA) is 105 Å². The van der Waals surface area contributed by atoms with Crippen molar-refractivity contribution in [2.75, 3.05) is 0 Å². The van der Waals surface area contributed by atoms with Crippen LogP contribution >= 0.6 is 0 Å². The molecule has 8 nitrogen and oxygen atoms in total. The van der Waals surface area contributed by atoms with Gasteiger partial charge in [-0.05, 0) is 154 Å². The van der Waals surface area contributed by atoms with Crippen LogP contribution in [0.5, 0.6) is 0 Å².